The number of halogens is 1. The summed E-state index contributed by atoms with van der Waals surface area (Å²) in [6.45, 7) is 5.00. The van der Waals surface area contributed by atoms with E-state index in [-0.39, 0.29) is 11.8 Å². The first kappa shape index (κ1) is 17.5. The molecule has 20 heavy (non-hydrogen) atoms. The highest BCUT2D eigenvalue weighted by Gasteiger charge is 2.13. The van der Waals surface area contributed by atoms with E-state index in [1.165, 1.54) is 6.26 Å². The molecule has 114 valence electrons. The van der Waals surface area contributed by atoms with Crippen LogP contribution >= 0.6 is 11.6 Å². The van der Waals surface area contributed by atoms with E-state index in [0.29, 0.717) is 6.42 Å². The average molecular weight is 318 g/mol. The van der Waals surface area contributed by atoms with Crippen LogP contribution in [0.15, 0.2) is 18.2 Å². The highest BCUT2D eigenvalue weighted by atomic mass is 35.5. The molecule has 0 saturated carbocycles. The number of benzene rings is 1. The van der Waals surface area contributed by atoms with Crippen LogP contribution in [-0.4, -0.2) is 27.0 Å². The molecular weight excluding hydrogens is 294 g/mol. The molecule has 0 bridgehead atoms. The largest absolute Gasteiger partial charge is 0.310 e. The summed E-state index contributed by atoms with van der Waals surface area (Å²) in [5.74, 6) is 0.233. The molecule has 0 fully saturated rings. The molecule has 0 aliphatic rings. The van der Waals surface area contributed by atoms with Gasteiger partial charge in [-0.3, -0.25) is 0 Å². The molecule has 1 rings (SSSR count). The summed E-state index contributed by atoms with van der Waals surface area (Å²) in [6.07, 6.45) is 3.78. The lowest BCUT2D eigenvalue weighted by Crippen LogP contribution is -2.23. The molecule has 1 aromatic carbocycles. The molecule has 0 saturated heterocycles. The average Bonchev–Trinajstić information content (AvgIpc) is 2.35. The van der Waals surface area contributed by atoms with Gasteiger partial charge in [0.05, 0.1) is 0 Å². The van der Waals surface area contributed by atoms with Crippen molar-refractivity contribution in [2.45, 2.75) is 39.2 Å². The maximum absolute atomic E-state index is 11.2. The van der Waals surface area contributed by atoms with Gasteiger partial charge in [0.25, 0.3) is 0 Å². The Morgan fingerprint density at radius 3 is 2.60 bits per heavy atom. The standard InChI is InChI=1S/C15H24ClNO2S/c1-4-9-17-15(6-5-10-20(3,18)19)13-8-7-12(2)14(16)11-13/h7-8,11,15,17H,4-6,9-10H2,1-3H3. The molecule has 0 amide bonds. The zero-order valence-electron chi connectivity index (χ0n) is 12.4. The van der Waals surface area contributed by atoms with E-state index in [9.17, 15) is 8.42 Å². The molecule has 3 nitrogen and oxygen atoms in total. The summed E-state index contributed by atoms with van der Waals surface area (Å²) in [5.41, 5.74) is 2.18. The third-order valence-corrected chi connectivity index (χ3v) is 4.68. The number of rotatable bonds is 8. The first-order valence-electron chi connectivity index (χ1n) is 7.00. The number of hydrogen-bond acceptors (Lipinski definition) is 3. The van der Waals surface area contributed by atoms with Gasteiger partial charge in [-0.05, 0) is 49.9 Å². The predicted molar refractivity (Wildman–Crippen MR) is 86.2 cm³/mol. The predicted octanol–water partition coefficient (Wildman–Crippen LogP) is 3.51. The minimum atomic E-state index is -2.89. The Morgan fingerprint density at radius 2 is 2.05 bits per heavy atom. The quantitative estimate of drug-likeness (QED) is 0.798. The summed E-state index contributed by atoms with van der Waals surface area (Å²) in [5, 5.41) is 4.22. The molecule has 0 radical (unpaired) electrons. The van der Waals surface area contributed by atoms with Crippen LogP contribution in [0.3, 0.4) is 0 Å². The first-order chi connectivity index (χ1) is 9.33. The van der Waals surface area contributed by atoms with E-state index >= 15 is 0 Å². The van der Waals surface area contributed by atoms with Crippen LogP contribution in [0.4, 0.5) is 0 Å². The summed E-state index contributed by atoms with van der Waals surface area (Å²) in [4.78, 5) is 0. The highest BCUT2D eigenvalue weighted by molar-refractivity contribution is 7.90. The second-order valence-corrected chi connectivity index (χ2v) is 7.95. The fraction of sp³-hybridized carbons (Fsp3) is 0.600. The van der Waals surface area contributed by atoms with Gasteiger partial charge >= 0.3 is 0 Å². The fourth-order valence-corrected chi connectivity index (χ4v) is 2.96. The van der Waals surface area contributed by atoms with Crippen molar-refractivity contribution in [1.82, 2.24) is 5.32 Å². The number of aryl methyl sites for hydroxylation is 1. The van der Waals surface area contributed by atoms with Crippen molar-refractivity contribution in [1.29, 1.82) is 0 Å². The molecular formula is C15H24ClNO2S. The van der Waals surface area contributed by atoms with Gasteiger partial charge in [-0.15, -0.1) is 0 Å². The molecule has 0 aliphatic carbocycles. The lowest BCUT2D eigenvalue weighted by molar-refractivity contribution is 0.492. The third-order valence-electron chi connectivity index (χ3n) is 3.25. The van der Waals surface area contributed by atoms with Gasteiger partial charge < -0.3 is 5.32 Å². The van der Waals surface area contributed by atoms with Crippen LogP contribution < -0.4 is 5.32 Å². The van der Waals surface area contributed by atoms with Crippen molar-refractivity contribution in [3.8, 4) is 0 Å². The van der Waals surface area contributed by atoms with Gasteiger partial charge in [0.15, 0.2) is 0 Å². The zero-order valence-corrected chi connectivity index (χ0v) is 14.0. The monoisotopic (exact) mass is 317 g/mol. The Kier molecular flexibility index (Phi) is 7.00. The van der Waals surface area contributed by atoms with Crippen LogP contribution in [0, 0.1) is 6.92 Å². The number of hydrogen-bond donors (Lipinski definition) is 1. The molecule has 0 heterocycles. The van der Waals surface area contributed by atoms with Crippen LogP contribution in [-0.2, 0) is 9.84 Å². The van der Waals surface area contributed by atoms with Crippen molar-refractivity contribution in [3.05, 3.63) is 34.3 Å². The summed E-state index contributed by atoms with van der Waals surface area (Å²) in [6, 6.07) is 6.21. The van der Waals surface area contributed by atoms with E-state index in [2.05, 4.69) is 18.3 Å². The molecule has 0 aromatic heterocycles. The van der Waals surface area contributed by atoms with Crippen molar-refractivity contribution >= 4 is 21.4 Å². The van der Waals surface area contributed by atoms with Gasteiger partial charge in [-0.1, -0.05) is 30.7 Å². The topological polar surface area (TPSA) is 46.2 Å². The van der Waals surface area contributed by atoms with Gasteiger partial charge in [-0.25, -0.2) is 8.42 Å². The van der Waals surface area contributed by atoms with Crippen LogP contribution in [0.1, 0.15) is 43.4 Å². The van der Waals surface area contributed by atoms with Crippen molar-refractivity contribution < 1.29 is 8.42 Å². The SMILES string of the molecule is CCCNC(CCCS(C)(=O)=O)c1ccc(C)c(Cl)c1. The Labute approximate surface area is 127 Å². The van der Waals surface area contributed by atoms with Gasteiger partial charge in [0.1, 0.15) is 9.84 Å². The Bertz CT molecular complexity index is 529. The molecule has 1 N–H and O–H groups in total. The molecule has 0 spiro atoms. The summed E-state index contributed by atoms with van der Waals surface area (Å²) >= 11 is 6.17. The number of sulfone groups is 1. The van der Waals surface area contributed by atoms with Crippen molar-refractivity contribution in [2.75, 3.05) is 18.6 Å². The minimum absolute atomic E-state index is 0.162. The van der Waals surface area contributed by atoms with Gasteiger partial charge in [0.2, 0.25) is 0 Å². The Morgan fingerprint density at radius 1 is 1.35 bits per heavy atom. The van der Waals surface area contributed by atoms with Crippen LogP contribution in [0.25, 0.3) is 0 Å². The van der Waals surface area contributed by atoms with E-state index in [1.807, 2.05) is 19.1 Å². The third kappa shape index (κ3) is 6.25. The minimum Gasteiger partial charge on any atom is -0.310 e. The lowest BCUT2D eigenvalue weighted by atomic mass is 10.0. The van der Waals surface area contributed by atoms with Gasteiger partial charge in [-0.2, -0.15) is 0 Å². The van der Waals surface area contributed by atoms with Crippen LogP contribution in [0.2, 0.25) is 5.02 Å². The van der Waals surface area contributed by atoms with Crippen molar-refractivity contribution in [2.24, 2.45) is 0 Å². The summed E-state index contributed by atoms with van der Waals surface area (Å²) < 4.78 is 22.4. The second-order valence-electron chi connectivity index (χ2n) is 5.29. The summed E-state index contributed by atoms with van der Waals surface area (Å²) in [7, 11) is -2.89. The molecule has 5 heteroatoms. The zero-order chi connectivity index (χ0) is 15.2. The van der Waals surface area contributed by atoms with Crippen LogP contribution in [0.5, 0.6) is 0 Å². The van der Waals surface area contributed by atoms with E-state index in [1.54, 1.807) is 0 Å². The maximum Gasteiger partial charge on any atom is 0.147 e. The number of nitrogens with one attached hydrogen (secondary N) is 1. The second kappa shape index (κ2) is 8.01. The fourth-order valence-electron chi connectivity index (χ4n) is 2.08. The smallest absolute Gasteiger partial charge is 0.147 e. The van der Waals surface area contributed by atoms with E-state index in [4.69, 9.17) is 11.6 Å². The van der Waals surface area contributed by atoms with E-state index in [0.717, 1.165) is 35.5 Å². The van der Waals surface area contributed by atoms with Gasteiger partial charge in [0, 0.05) is 23.1 Å². The first-order valence-corrected chi connectivity index (χ1v) is 9.44. The highest BCUT2D eigenvalue weighted by Crippen LogP contribution is 2.24. The lowest BCUT2D eigenvalue weighted by Gasteiger charge is -2.19. The normalized spacial score (nSPS) is 13.4. The maximum atomic E-state index is 11.2. The molecule has 1 atom stereocenters. The Hall–Kier alpha value is -0.580. The van der Waals surface area contributed by atoms with Crippen molar-refractivity contribution in [3.63, 3.8) is 0 Å². The molecule has 1 unspecified atom stereocenters. The molecule has 1 aromatic rings. The van der Waals surface area contributed by atoms with E-state index < -0.39 is 9.84 Å². The molecule has 0 aliphatic heterocycles. The Balaban J connectivity index is 2.74.